The SMILES string of the molecule is CCS(=O)(=O)N1[C@@H]2CCC[C@H]1C[C@@H](N(C)c1nc(COC(=O)OC(C)C)c(F)c(Nc3cc(C)[nH]n3)n1)C2. The van der Waals surface area contributed by atoms with Crippen LogP contribution in [0.1, 0.15) is 64.3 Å². The highest BCUT2D eigenvalue weighted by Gasteiger charge is 2.45. The van der Waals surface area contributed by atoms with E-state index in [2.05, 4.69) is 25.5 Å². The van der Waals surface area contributed by atoms with Crippen LogP contribution in [0.5, 0.6) is 0 Å². The van der Waals surface area contributed by atoms with Crippen molar-refractivity contribution in [2.45, 2.75) is 90.6 Å². The van der Waals surface area contributed by atoms with Crippen LogP contribution in [0.15, 0.2) is 6.07 Å². The van der Waals surface area contributed by atoms with Gasteiger partial charge in [-0.05, 0) is 53.4 Å². The van der Waals surface area contributed by atoms with Gasteiger partial charge in [-0.25, -0.2) is 22.6 Å². The third-order valence-electron chi connectivity index (χ3n) is 6.95. The fourth-order valence-corrected chi connectivity index (χ4v) is 6.76. The van der Waals surface area contributed by atoms with E-state index in [1.807, 2.05) is 18.9 Å². The van der Waals surface area contributed by atoms with Crippen LogP contribution in [0.3, 0.4) is 0 Å². The maximum absolute atomic E-state index is 15.4. The first-order valence-electron chi connectivity index (χ1n) is 12.9. The first kappa shape index (κ1) is 28.0. The van der Waals surface area contributed by atoms with E-state index in [9.17, 15) is 13.2 Å². The zero-order chi connectivity index (χ0) is 27.6. The molecule has 2 aliphatic rings. The van der Waals surface area contributed by atoms with Gasteiger partial charge in [-0.1, -0.05) is 6.42 Å². The van der Waals surface area contributed by atoms with E-state index in [0.717, 1.165) is 25.0 Å². The summed E-state index contributed by atoms with van der Waals surface area (Å²) < 4.78 is 52.8. The molecule has 38 heavy (non-hydrogen) atoms. The Hall–Kier alpha value is -3.00. The molecule has 3 atom stereocenters. The summed E-state index contributed by atoms with van der Waals surface area (Å²) in [6.45, 7) is 6.40. The van der Waals surface area contributed by atoms with Gasteiger partial charge in [0.25, 0.3) is 0 Å². The number of rotatable bonds is 9. The topological polar surface area (TPSA) is 143 Å². The Labute approximate surface area is 222 Å². The van der Waals surface area contributed by atoms with Crippen LogP contribution in [-0.4, -0.2) is 76.1 Å². The molecule has 2 N–H and O–H groups in total. The molecule has 0 unspecified atom stereocenters. The molecular formula is C24H36FN7O5S. The van der Waals surface area contributed by atoms with Crippen LogP contribution in [0, 0.1) is 12.7 Å². The number of nitrogens with zero attached hydrogens (tertiary/aromatic N) is 5. The van der Waals surface area contributed by atoms with Crippen LogP contribution >= 0.6 is 0 Å². The van der Waals surface area contributed by atoms with Crippen molar-refractivity contribution < 1.29 is 27.1 Å². The summed E-state index contributed by atoms with van der Waals surface area (Å²) in [6, 6.07) is 1.45. The largest absolute Gasteiger partial charge is 0.508 e. The van der Waals surface area contributed by atoms with Crippen LogP contribution in [-0.2, 0) is 26.1 Å². The van der Waals surface area contributed by atoms with E-state index in [0.29, 0.717) is 18.7 Å². The van der Waals surface area contributed by atoms with E-state index >= 15 is 4.39 Å². The zero-order valence-corrected chi connectivity index (χ0v) is 23.2. The number of hydrogen-bond acceptors (Lipinski definition) is 10. The molecule has 0 amide bonds. The van der Waals surface area contributed by atoms with Crippen molar-refractivity contribution in [1.29, 1.82) is 0 Å². The molecule has 12 nitrogen and oxygen atoms in total. The average Bonchev–Trinajstić information content (AvgIpc) is 3.27. The summed E-state index contributed by atoms with van der Waals surface area (Å²) in [6.07, 6.45) is 2.49. The monoisotopic (exact) mass is 553 g/mol. The van der Waals surface area contributed by atoms with Crippen molar-refractivity contribution >= 4 is 33.8 Å². The number of fused-ring (bicyclic) bond motifs is 2. The average molecular weight is 554 g/mol. The maximum Gasteiger partial charge on any atom is 0.508 e. The van der Waals surface area contributed by atoms with Gasteiger partial charge in [-0.3, -0.25) is 5.10 Å². The first-order valence-corrected chi connectivity index (χ1v) is 14.5. The van der Waals surface area contributed by atoms with E-state index in [4.69, 9.17) is 9.47 Å². The van der Waals surface area contributed by atoms with Crippen molar-refractivity contribution in [3.05, 3.63) is 23.3 Å². The number of halogens is 1. The Bertz CT molecular complexity index is 1240. The summed E-state index contributed by atoms with van der Waals surface area (Å²) in [4.78, 5) is 22.6. The Kier molecular flexibility index (Phi) is 8.40. The predicted octanol–water partition coefficient (Wildman–Crippen LogP) is 3.62. The van der Waals surface area contributed by atoms with Gasteiger partial charge in [0.15, 0.2) is 17.5 Å². The number of ether oxygens (including phenoxy) is 2. The number of aromatic amines is 1. The molecule has 4 heterocycles. The highest BCUT2D eigenvalue weighted by molar-refractivity contribution is 7.89. The van der Waals surface area contributed by atoms with Crippen molar-refractivity contribution in [1.82, 2.24) is 24.5 Å². The molecule has 2 fully saturated rings. The third-order valence-corrected chi connectivity index (χ3v) is 8.92. The second-order valence-electron chi connectivity index (χ2n) is 10.1. The molecule has 2 saturated heterocycles. The van der Waals surface area contributed by atoms with Crippen LogP contribution in [0.4, 0.5) is 26.8 Å². The van der Waals surface area contributed by atoms with Crippen molar-refractivity contribution in [2.24, 2.45) is 0 Å². The second kappa shape index (κ2) is 11.4. The number of aromatic nitrogens is 4. The van der Waals surface area contributed by atoms with Crippen LogP contribution in [0.25, 0.3) is 0 Å². The minimum absolute atomic E-state index is 0.0563. The quantitative estimate of drug-likeness (QED) is 0.442. The lowest BCUT2D eigenvalue weighted by molar-refractivity contribution is 0.0285. The standard InChI is InChI=1S/C24H36FN7O5S/c1-6-38(34,35)32-16-8-7-9-17(32)12-18(11-16)31(5)23-26-19(13-36-24(33)37-14(2)3)21(25)22(28-23)27-20-10-15(4)29-30-20/h10,14,16-18H,6-9,11-13H2,1-5H3,(H2,26,27,28,29,30)/t16-,17+,18+. The fraction of sp³-hybridized carbons (Fsp3) is 0.667. The molecule has 210 valence electrons. The normalized spacial score (nSPS) is 21.8. The van der Waals surface area contributed by atoms with E-state index in [1.54, 1.807) is 31.1 Å². The third kappa shape index (κ3) is 6.17. The van der Waals surface area contributed by atoms with Crippen molar-refractivity contribution in [3.8, 4) is 0 Å². The Morgan fingerprint density at radius 3 is 2.55 bits per heavy atom. The molecular weight excluding hydrogens is 517 g/mol. The Balaban J connectivity index is 1.61. The van der Waals surface area contributed by atoms with Gasteiger partial charge in [-0.15, -0.1) is 0 Å². The molecule has 0 aliphatic carbocycles. The molecule has 0 spiro atoms. The second-order valence-corrected chi connectivity index (χ2v) is 12.3. The highest BCUT2D eigenvalue weighted by atomic mass is 32.2. The van der Waals surface area contributed by atoms with Gasteiger partial charge in [0, 0.05) is 36.9 Å². The number of aryl methyl sites for hydroxylation is 1. The molecule has 2 aromatic rings. The Morgan fingerprint density at radius 1 is 1.29 bits per heavy atom. The van der Waals surface area contributed by atoms with Crippen LogP contribution in [0.2, 0.25) is 0 Å². The summed E-state index contributed by atoms with van der Waals surface area (Å²) >= 11 is 0. The lowest BCUT2D eigenvalue weighted by atomic mass is 9.83. The highest BCUT2D eigenvalue weighted by Crippen LogP contribution is 2.38. The summed E-state index contributed by atoms with van der Waals surface area (Å²) in [5.74, 6) is -0.221. The number of carbonyl (C=O) groups excluding carboxylic acids is 1. The van der Waals surface area contributed by atoms with Crippen molar-refractivity contribution in [2.75, 3.05) is 23.0 Å². The molecule has 0 saturated carbocycles. The maximum atomic E-state index is 15.4. The Morgan fingerprint density at radius 2 is 1.97 bits per heavy atom. The van der Waals surface area contributed by atoms with E-state index in [-0.39, 0.29) is 47.4 Å². The molecule has 14 heteroatoms. The number of carbonyl (C=O) groups is 1. The first-order chi connectivity index (χ1) is 18.0. The number of nitrogens with one attached hydrogen (secondary N) is 2. The summed E-state index contributed by atoms with van der Waals surface area (Å²) in [7, 11) is -1.50. The number of hydrogen-bond donors (Lipinski definition) is 2. The smallest absolute Gasteiger partial charge is 0.432 e. The lowest BCUT2D eigenvalue weighted by Crippen LogP contribution is -2.58. The van der Waals surface area contributed by atoms with Gasteiger partial charge in [-0.2, -0.15) is 14.4 Å². The van der Waals surface area contributed by atoms with Gasteiger partial charge in [0.2, 0.25) is 16.0 Å². The number of H-pyrrole nitrogens is 1. The fourth-order valence-electron chi connectivity index (χ4n) is 5.17. The van der Waals surface area contributed by atoms with E-state index in [1.165, 1.54) is 0 Å². The molecule has 0 aromatic carbocycles. The van der Waals surface area contributed by atoms with Gasteiger partial charge in [0.05, 0.1) is 11.9 Å². The van der Waals surface area contributed by atoms with Gasteiger partial charge in [0.1, 0.15) is 12.3 Å². The minimum atomic E-state index is -3.32. The molecule has 4 rings (SSSR count). The zero-order valence-electron chi connectivity index (χ0n) is 22.4. The summed E-state index contributed by atoms with van der Waals surface area (Å²) in [5.41, 5.74) is 0.656. The molecule has 2 aromatic heterocycles. The summed E-state index contributed by atoms with van der Waals surface area (Å²) in [5, 5.41) is 9.74. The van der Waals surface area contributed by atoms with Crippen LogP contribution < -0.4 is 10.2 Å². The predicted molar refractivity (Wildman–Crippen MR) is 139 cm³/mol. The number of piperidine rings is 2. The molecule has 0 radical (unpaired) electrons. The number of sulfonamides is 1. The number of anilines is 3. The van der Waals surface area contributed by atoms with Gasteiger partial charge >= 0.3 is 6.16 Å². The van der Waals surface area contributed by atoms with Crippen molar-refractivity contribution in [3.63, 3.8) is 0 Å². The molecule has 2 aliphatic heterocycles. The molecule has 2 bridgehead atoms. The van der Waals surface area contributed by atoms with Gasteiger partial charge < -0.3 is 19.7 Å². The minimum Gasteiger partial charge on any atom is -0.432 e. The lowest BCUT2D eigenvalue weighted by Gasteiger charge is -2.49. The van der Waals surface area contributed by atoms with E-state index < -0.39 is 28.6 Å².